The molecule has 3 heterocycles. The summed E-state index contributed by atoms with van der Waals surface area (Å²) in [5.41, 5.74) is 0.427. The molecule has 7 nitrogen and oxygen atoms in total. The Kier molecular flexibility index (Phi) is 6.43. The van der Waals surface area contributed by atoms with E-state index in [0.29, 0.717) is 29.8 Å². The summed E-state index contributed by atoms with van der Waals surface area (Å²) in [6.45, 7) is 3.94. The van der Waals surface area contributed by atoms with E-state index in [9.17, 15) is 21.6 Å². The van der Waals surface area contributed by atoms with Crippen molar-refractivity contribution in [2.45, 2.75) is 55.2 Å². The molecule has 3 aromatic rings. The van der Waals surface area contributed by atoms with Crippen LogP contribution in [0.5, 0.6) is 0 Å². The normalized spacial score (nSPS) is 21.4. The first-order chi connectivity index (χ1) is 16.0. The first-order valence-electron chi connectivity index (χ1n) is 10.6. The van der Waals surface area contributed by atoms with Gasteiger partial charge in [0.15, 0.2) is 9.84 Å². The van der Waals surface area contributed by atoms with Crippen LogP contribution in [0.3, 0.4) is 0 Å². The van der Waals surface area contributed by atoms with Crippen LogP contribution < -0.4 is 5.32 Å². The minimum absolute atomic E-state index is 0.0955. The van der Waals surface area contributed by atoms with Crippen molar-refractivity contribution in [3.8, 4) is 0 Å². The molecule has 1 N–H and O–H groups in total. The van der Waals surface area contributed by atoms with Gasteiger partial charge in [0.2, 0.25) is 0 Å². The maximum Gasteiger partial charge on any atom is 0.416 e. The first-order valence-corrected chi connectivity index (χ1v) is 12.1. The second-order valence-electron chi connectivity index (χ2n) is 8.55. The fourth-order valence-corrected chi connectivity index (χ4v) is 5.77. The number of hydrogen-bond acceptors (Lipinski definition) is 7. The zero-order valence-electron chi connectivity index (χ0n) is 18.6. The molecule has 1 aromatic carbocycles. The van der Waals surface area contributed by atoms with Gasteiger partial charge >= 0.3 is 6.18 Å². The van der Waals surface area contributed by atoms with Crippen LogP contribution in [-0.2, 0) is 27.3 Å². The number of aromatic nitrogens is 2. The summed E-state index contributed by atoms with van der Waals surface area (Å²) >= 11 is 0. The zero-order chi connectivity index (χ0) is 24.6. The molecule has 2 unspecified atom stereocenters. The fourth-order valence-electron chi connectivity index (χ4n) is 3.94. The van der Waals surface area contributed by atoms with Crippen LogP contribution in [-0.4, -0.2) is 29.9 Å². The molecule has 4 rings (SSSR count). The lowest BCUT2D eigenvalue weighted by Crippen LogP contribution is -2.42. The molecule has 0 radical (unpaired) electrons. The summed E-state index contributed by atoms with van der Waals surface area (Å²) in [5, 5.41) is 7.02. The van der Waals surface area contributed by atoms with E-state index in [1.165, 1.54) is 6.07 Å². The van der Waals surface area contributed by atoms with Crippen molar-refractivity contribution in [3.05, 3.63) is 71.2 Å². The Morgan fingerprint density at radius 3 is 2.65 bits per heavy atom. The number of nitrogens with zero attached hydrogens (tertiary/aromatic N) is 2. The van der Waals surface area contributed by atoms with Crippen LogP contribution in [0.2, 0.25) is 0 Å². The summed E-state index contributed by atoms with van der Waals surface area (Å²) in [6, 6.07) is 9.23. The van der Waals surface area contributed by atoms with Crippen LogP contribution in [0, 0.1) is 6.92 Å². The molecule has 1 saturated heterocycles. The molecule has 1 aliphatic heterocycles. The molecule has 1 aliphatic rings. The molecule has 11 heteroatoms. The van der Waals surface area contributed by atoms with Gasteiger partial charge in [-0.25, -0.2) is 13.4 Å². The van der Waals surface area contributed by atoms with E-state index in [1.807, 2.05) is 6.07 Å². The Bertz CT molecular complexity index is 1260. The quantitative estimate of drug-likeness (QED) is 0.509. The summed E-state index contributed by atoms with van der Waals surface area (Å²) < 4.78 is 75.7. The van der Waals surface area contributed by atoms with Crippen molar-refractivity contribution in [1.82, 2.24) is 10.1 Å². The summed E-state index contributed by atoms with van der Waals surface area (Å²) in [4.78, 5) is 4.02. The van der Waals surface area contributed by atoms with Gasteiger partial charge in [0, 0.05) is 18.9 Å². The Hall–Kier alpha value is -2.92. The molecule has 34 heavy (non-hydrogen) atoms. The average Bonchev–Trinajstić information content (AvgIpc) is 3.22. The Morgan fingerprint density at radius 2 is 2.00 bits per heavy atom. The minimum Gasteiger partial charge on any atom is -0.373 e. The Labute approximate surface area is 195 Å². The second kappa shape index (κ2) is 9.03. The highest BCUT2D eigenvalue weighted by molar-refractivity contribution is 7.92. The van der Waals surface area contributed by atoms with Gasteiger partial charge < -0.3 is 14.6 Å². The van der Waals surface area contributed by atoms with Crippen LogP contribution in [0.1, 0.15) is 48.5 Å². The molecule has 0 amide bonds. The van der Waals surface area contributed by atoms with Crippen molar-refractivity contribution in [2.75, 3.05) is 11.9 Å². The smallest absolute Gasteiger partial charge is 0.373 e. The number of benzene rings is 1. The third kappa shape index (κ3) is 4.95. The van der Waals surface area contributed by atoms with Crippen LogP contribution in [0.25, 0.3) is 0 Å². The van der Waals surface area contributed by atoms with Crippen molar-refractivity contribution < 1.29 is 30.8 Å². The standard InChI is InChI=1S/C23H24F3N3O4S/c1-15-10-18(29-33-15)14-28-21-7-6-16(13-27-21)20-12-22(2,8-9-32-20)34(30,31)19-5-3-4-17(11-19)23(24,25)26/h3-7,10-11,13,20H,8-9,12,14H2,1-2H3,(H,27,28). The maximum absolute atomic E-state index is 13.4. The lowest BCUT2D eigenvalue weighted by molar-refractivity contribution is -0.137. The number of rotatable bonds is 6. The van der Waals surface area contributed by atoms with Gasteiger partial charge in [-0.2, -0.15) is 13.2 Å². The number of pyridine rings is 1. The molecular weight excluding hydrogens is 471 g/mol. The number of anilines is 1. The summed E-state index contributed by atoms with van der Waals surface area (Å²) in [7, 11) is -4.06. The molecule has 0 spiro atoms. The van der Waals surface area contributed by atoms with Gasteiger partial charge in [0.1, 0.15) is 17.3 Å². The number of hydrogen-bond donors (Lipinski definition) is 1. The number of alkyl halides is 3. The predicted molar refractivity (Wildman–Crippen MR) is 118 cm³/mol. The van der Waals surface area contributed by atoms with Crippen molar-refractivity contribution in [2.24, 2.45) is 0 Å². The number of ether oxygens (including phenoxy) is 1. The number of sulfone groups is 1. The third-order valence-corrected chi connectivity index (χ3v) is 8.52. The molecule has 2 atom stereocenters. The Balaban J connectivity index is 1.49. The molecule has 2 aromatic heterocycles. The maximum atomic E-state index is 13.4. The van der Waals surface area contributed by atoms with Crippen molar-refractivity contribution >= 4 is 15.7 Å². The van der Waals surface area contributed by atoms with Gasteiger partial charge in [-0.1, -0.05) is 17.3 Å². The molecule has 0 aliphatic carbocycles. The number of nitrogens with one attached hydrogen (secondary N) is 1. The summed E-state index contributed by atoms with van der Waals surface area (Å²) in [6.07, 6.45) is -3.31. The Morgan fingerprint density at radius 1 is 1.21 bits per heavy atom. The highest BCUT2D eigenvalue weighted by atomic mass is 32.2. The van der Waals surface area contributed by atoms with E-state index in [1.54, 1.807) is 32.2 Å². The first kappa shape index (κ1) is 24.2. The van der Waals surface area contributed by atoms with Crippen LogP contribution in [0.15, 0.2) is 58.1 Å². The minimum atomic E-state index is -4.63. The van der Waals surface area contributed by atoms with Gasteiger partial charge in [-0.05, 0) is 56.5 Å². The molecule has 182 valence electrons. The topological polar surface area (TPSA) is 94.3 Å². The average molecular weight is 496 g/mol. The molecular formula is C23H24F3N3O4S. The van der Waals surface area contributed by atoms with Crippen LogP contribution in [0.4, 0.5) is 19.0 Å². The largest absolute Gasteiger partial charge is 0.416 e. The molecule has 0 saturated carbocycles. The third-order valence-electron chi connectivity index (χ3n) is 5.97. The summed E-state index contributed by atoms with van der Waals surface area (Å²) in [5.74, 6) is 1.30. The lowest BCUT2D eigenvalue weighted by atomic mass is 9.93. The van der Waals surface area contributed by atoms with E-state index in [-0.39, 0.29) is 24.3 Å². The van der Waals surface area contributed by atoms with E-state index >= 15 is 0 Å². The van der Waals surface area contributed by atoms with Crippen molar-refractivity contribution in [3.63, 3.8) is 0 Å². The molecule has 1 fully saturated rings. The van der Waals surface area contributed by atoms with E-state index in [4.69, 9.17) is 9.26 Å². The van der Waals surface area contributed by atoms with Gasteiger partial charge in [0.05, 0.1) is 27.9 Å². The SMILES string of the molecule is Cc1cc(CNc2ccc(C3CC(C)(S(=O)(=O)c4cccc(C(F)(F)F)c4)CCO3)cn2)no1. The highest BCUT2D eigenvalue weighted by Gasteiger charge is 2.45. The predicted octanol–water partition coefficient (Wildman–Crippen LogP) is 5.09. The highest BCUT2D eigenvalue weighted by Crippen LogP contribution is 2.42. The van der Waals surface area contributed by atoms with Crippen LogP contribution >= 0.6 is 0 Å². The van der Waals surface area contributed by atoms with Crippen molar-refractivity contribution in [1.29, 1.82) is 0 Å². The van der Waals surface area contributed by atoms with E-state index < -0.39 is 32.4 Å². The zero-order valence-corrected chi connectivity index (χ0v) is 19.4. The number of halogens is 3. The number of aryl methyl sites for hydroxylation is 1. The van der Waals surface area contributed by atoms with E-state index in [0.717, 1.165) is 17.8 Å². The lowest BCUT2D eigenvalue weighted by Gasteiger charge is -2.37. The van der Waals surface area contributed by atoms with Gasteiger partial charge in [-0.15, -0.1) is 0 Å². The monoisotopic (exact) mass is 495 g/mol. The second-order valence-corrected chi connectivity index (χ2v) is 11.0. The fraction of sp³-hybridized carbons (Fsp3) is 0.391. The molecule has 0 bridgehead atoms. The van der Waals surface area contributed by atoms with Gasteiger partial charge in [-0.3, -0.25) is 0 Å². The van der Waals surface area contributed by atoms with E-state index in [2.05, 4.69) is 15.5 Å². The van der Waals surface area contributed by atoms with Gasteiger partial charge in [0.25, 0.3) is 0 Å².